The van der Waals surface area contributed by atoms with Crippen molar-refractivity contribution in [2.45, 2.75) is 18.9 Å². The first-order valence-electron chi connectivity index (χ1n) is 3.89. The fourth-order valence-electron chi connectivity index (χ4n) is 1.69. The monoisotopic (exact) mass is 165 g/mol. The fraction of sp³-hybridized carbons (Fsp3) is 0.333. The minimum atomic E-state index is 0.467. The lowest BCUT2D eigenvalue weighted by Crippen LogP contribution is -2.06. The third kappa shape index (κ3) is 1.17. The van der Waals surface area contributed by atoms with Crippen LogP contribution in [0.5, 0.6) is 0 Å². The molecule has 2 rings (SSSR count). The minimum absolute atomic E-state index is 0.467. The van der Waals surface area contributed by atoms with Crippen molar-refractivity contribution in [3.8, 4) is 0 Å². The second-order valence-electron chi connectivity index (χ2n) is 2.92. The van der Waals surface area contributed by atoms with Crippen molar-refractivity contribution in [3.63, 3.8) is 0 Å². The lowest BCUT2D eigenvalue weighted by molar-refractivity contribution is 0.670. The van der Waals surface area contributed by atoms with Gasteiger partial charge in [0.25, 0.3) is 0 Å². The van der Waals surface area contributed by atoms with Gasteiger partial charge in [0.2, 0.25) is 0 Å². The Morgan fingerprint density at radius 1 is 1.36 bits per heavy atom. The lowest BCUT2D eigenvalue weighted by Gasteiger charge is -2.07. The molecule has 1 N–H and O–H groups in total. The summed E-state index contributed by atoms with van der Waals surface area (Å²) < 4.78 is 3.01. The van der Waals surface area contributed by atoms with Crippen LogP contribution in [0.15, 0.2) is 24.3 Å². The molecule has 1 aliphatic rings. The van der Waals surface area contributed by atoms with Gasteiger partial charge in [-0.05, 0) is 24.0 Å². The summed E-state index contributed by atoms with van der Waals surface area (Å²) in [6.45, 7) is 0. The molecule has 0 aliphatic heterocycles. The van der Waals surface area contributed by atoms with Crippen LogP contribution in [0.3, 0.4) is 0 Å². The highest BCUT2D eigenvalue weighted by Gasteiger charge is 2.19. The molecule has 1 aliphatic carbocycles. The molecule has 11 heavy (non-hydrogen) atoms. The van der Waals surface area contributed by atoms with Crippen molar-refractivity contribution < 1.29 is 0 Å². The molecule has 1 nitrogen and oxygen atoms in total. The molecule has 0 bridgehead atoms. The average Bonchev–Trinajstić information content (AvgIpc) is 2.47. The maximum Gasteiger partial charge on any atom is 0.0425 e. The summed E-state index contributed by atoms with van der Waals surface area (Å²) in [6.07, 6.45) is 2.37. The van der Waals surface area contributed by atoms with E-state index in [0.717, 1.165) is 0 Å². The molecule has 0 saturated carbocycles. The SMILES string of the molecule is SNC1CCc2ccccc21. The molecule has 0 amide bonds. The standard InChI is InChI=1S/C9H11NS/c11-10-9-6-5-7-3-1-2-4-8(7)9/h1-4,9-11H,5-6H2. The van der Waals surface area contributed by atoms with Gasteiger partial charge in [-0.1, -0.05) is 37.1 Å². The lowest BCUT2D eigenvalue weighted by atomic mass is 10.1. The second kappa shape index (κ2) is 2.88. The first kappa shape index (κ1) is 7.19. The first-order chi connectivity index (χ1) is 5.42. The second-order valence-corrected chi connectivity index (χ2v) is 3.18. The molecular weight excluding hydrogens is 154 g/mol. The number of aryl methyl sites for hydroxylation is 1. The summed E-state index contributed by atoms with van der Waals surface area (Å²) in [4.78, 5) is 0. The summed E-state index contributed by atoms with van der Waals surface area (Å²) in [5.74, 6) is 0. The predicted octanol–water partition coefficient (Wildman–Crippen LogP) is 2.11. The summed E-state index contributed by atoms with van der Waals surface area (Å²) in [6, 6.07) is 9.02. The average molecular weight is 165 g/mol. The van der Waals surface area contributed by atoms with E-state index >= 15 is 0 Å². The summed E-state index contributed by atoms with van der Waals surface area (Å²) >= 11 is 4.09. The molecule has 0 radical (unpaired) electrons. The molecule has 0 saturated heterocycles. The zero-order valence-corrected chi connectivity index (χ0v) is 7.14. The number of rotatable bonds is 1. The number of thiol groups is 1. The largest absolute Gasteiger partial charge is 0.259 e. The molecule has 0 heterocycles. The number of nitrogens with one attached hydrogen (secondary N) is 1. The van der Waals surface area contributed by atoms with E-state index in [4.69, 9.17) is 0 Å². The highest BCUT2D eigenvalue weighted by Crippen LogP contribution is 2.30. The van der Waals surface area contributed by atoms with E-state index in [0.29, 0.717) is 6.04 Å². The molecule has 1 aromatic carbocycles. The van der Waals surface area contributed by atoms with Crippen molar-refractivity contribution in [2.24, 2.45) is 0 Å². The molecule has 0 spiro atoms. The topological polar surface area (TPSA) is 12.0 Å². The summed E-state index contributed by atoms with van der Waals surface area (Å²) in [5.41, 5.74) is 2.89. The van der Waals surface area contributed by atoms with Crippen molar-refractivity contribution in [1.82, 2.24) is 4.72 Å². The molecular formula is C9H11NS. The van der Waals surface area contributed by atoms with Gasteiger partial charge in [-0.15, -0.1) is 0 Å². The van der Waals surface area contributed by atoms with Crippen molar-refractivity contribution in [2.75, 3.05) is 0 Å². The molecule has 1 atom stereocenters. The van der Waals surface area contributed by atoms with Gasteiger partial charge in [-0.3, -0.25) is 4.72 Å². The number of hydrogen-bond acceptors (Lipinski definition) is 2. The first-order valence-corrected chi connectivity index (χ1v) is 4.34. The Balaban J connectivity index is 2.39. The van der Waals surface area contributed by atoms with E-state index in [-0.39, 0.29) is 0 Å². The zero-order chi connectivity index (χ0) is 7.68. The molecule has 0 aromatic heterocycles. The van der Waals surface area contributed by atoms with Gasteiger partial charge >= 0.3 is 0 Å². The Morgan fingerprint density at radius 3 is 3.00 bits per heavy atom. The number of fused-ring (bicyclic) bond motifs is 1. The van der Waals surface area contributed by atoms with Gasteiger partial charge in [0.1, 0.15) is 0 Å². The molecule has 0 fully saturated rings. The Morgan fingerprint density at radius 2 is 2.18 bits per heavy atom. The van der Waals surface area contributed by atoms with Crippen LogP contribution in [-0.4, -0.2) is 0 Å². The Bertz CT molecular complexity index is 259. The highest BCUT2D eigenvalue weighted by molar-refractivity contribution is 7.78. The van der Waals surface area contributed by atoms with Gasteiger partial charge in [0.15, 0.2) is 0 Å². The Labute approximate surface area is 72.4 Å². The highest BCUT2D eigenvalue weighted by atomic mass is 32.1. The van der Waals surface area contributed by atoms with Crippen molar-refractivity contribution >= 4 is 12.8 Å². The molecule has 1 unspecified atom stereocenters. The van der Waals surface area contributed by atoms with E-state index < -0.39 is 0 Å². The van der Waals surface area contributed by atoms with E-state index in [1.807, 2.05) is 0 Å². The van der Waals surface area contributed by atoms with Crippen LogP contribution in [0.1, 0.15) is 23.6 Å². The quantitative estimate of drug-likeness (QED) is 0.607. The number of benzene rings is 1. The van der Waals surface area contributed by atoms with E-state index in [9.17, 15) is 0 Å². The smallest absolute Gasteiger partial charge is 0.0425 e. The molecule has 2 heteroatoms. The van der Waals surface area contributed by atoms with Gasteiger partial charge in [-0.2, -0.15) is 0 Å². The Kier molecular flexibility index (Phi) is 1.88. The third-order valence-electron chi connectivity index (χ3n) is 2.29. The van der Waals surface area contributed by atoms with Crippen LogP contribution < -0.4 is 4.72 Å². The summed E-state index contributed by atoms with van der Waals surface area (Å²) in [5, 5.41) is 0. The fourth-order valence-corrected chi connectivity index (χ4v) is 1.96. The van der Waals surface area contributed by atoms with Gasteiger partial charge < -0.3 is 0 Å². The maximum absolute atomic E-state index is 4.09. The Hall–Kier alpha value is -0.470. The molecule has 1 aromatic rings. The minimum Gasteiger partial charge on any atom is -0.259 e. The summed E-state index contributed by atoms with van der Waals surface area (Å²) in [7, 11) is 0. The van der Waals surface area contributed by atoms with Crippen molar-refractivity contribution in [1.29, 1.82) is 0 Å². The maximum atomic E-state index is 4.09. The predicted molar refractivity (Wildman–Crippen MR) is 49.6 cm³/mol. The van der Waals surface area contributed by atoms with E-state index in [2.05, 4.69) is 41.8 Å². The van der Waals surface area contributed by atoms with Crippen LogP contribution in [0.25, 0.3) is 0 Å². The normalized spacial score (nSPS) is 21.7. The van der Waals surface area contributed by atoms with E-state index in [1.165, 1.54) is 24.0 Å². The van der Waals surface area contributed by atoms with Crippen LogP contribution >= 0.6 is 12.8 Å². The van der Waals surface area contributed by atoms with Crippen LogP contribution in [0, 0.1) is 0 Å². The van der Waals surface area contributed by atoms with Gasteiger partial charge in [-0.25, -0.2) is 0 Å². The van der Waals surface area contributed by atoms with Gasteiger partial charge in [0, 0.05) is 6.04 Å². The van der Waals surface area contributed by atoms with Crippen LogP contribution in [0.4, 0.5) is 0 Å². The molecule has 58 valence electrons. The van der Waals surface area contributed by atoms with E-state index in [1.54, 1.807) is 0 Å². The zero-order valence-electron chi connectivity index (χ0n) is 6.25. The number of hydrogen-bond donors (Lipinski definition) is 2. The van der Waals surface area contributed by atoms with Crippen LogP contribution in [-0.2, 0) is 6.42 Å². The van der Waals surface area contributed by atoms with Crippen LogP contribution in [0.2, 0.25) is 0 Å². The van der Waals surface area contributed by atoms with Crippen molar-refractivity contribution in [3.05, 3.63) is 35.4 Å². The van der Waals surface area contributed by atoms with Gasteiger partial charge in [0.05, 0.1) is 0 Å². The third-order valence-corrected chi connectivity index (χ3v) is 2.60.